The monoisotopic (exact) mass is 867 g/mol. The van der Waals surface area contributed by atoms with E-state index in [0.29, 0.717) is 32.8 Å². The molecule has 0 fully saturated rings. The predicted molar refractivity (Wildman–Crippen MR) is 245 cm³/mol. The Labute approximate surface area is 344 Å². The fourth-order valence-corrected chi connectivity index (χ4v) is 21.2. The number of aldehydes is 1. The van der Waals surface area contributed by atoms with Crippen LogP contribution in [-0.4, -0.2) is 44.0 Å². The van der Waals surface area contributed by atoms with E-state index in [1.54, 1.807) is 13.3 Å². The third kappa shape index (κ3) is 31.3. The maximum Gasteiger partial charge on any atom is 0.120 e. The summed E-state index contributed by atoms with van der Waals surface area (Å²) in [6, 6.07) is 30.6. The van der Waals surface area contributed by atoms with Gasteiger partial charge < -0.3 is 19.0 Å². The Balaban J connectivity index is 0. The normalized spacial score (nSPS) is 10.9. The number of carbonyl (C=O) groups is 1. The molecule has 0 radical (unpaired) electrons. The van der Waals surface area contributed by atoms with Gasteiger partial charge in [-0.3, -0.25) is 0 Å². The van der Waals surface area contributed by atoms with Gasteiger partial charge in [0.1, 0.15) is 6.29 Å². The smallest absolute Gasteiger partial charge is 0.120 e. The molecule has 55 heavy (non-hydrogen) atoms. The summed E-state index contributed by atoms with van der Waals surface area (Å²) in [7, 11) is 0. The van der Waals surface area contributed by atoms with Crippen molar-refractivity contribution in [1.29, 1.82) is 0 Å². The SMILES string of the molecule is C.C=CC[C@@H](CCCOCc1ccccc1)OCc1ccccc1.C=C[CH2][Sn]([CH2]CCC)([CH2]CCC)[CH2]CCC.CC.O=CCCCOCc1ccccc1. The summed E-state index contributed by atoms with van der Waals surface area (Å²) in [6.45, 7) is 22.3. The molecule has 0 unspecified atom stereocenters. The average molecular weight is 866 g/mol. The Morgan fingerprint density at radius 3 is 1.40 bits per heavy atom. The topological polar surface area (TPSA) is 44.8 Å². The molecule has 0 amide bonds. The van der Waals surface area contributed by atoms with E-state index in [4.69, 9.17) is 14.2 Å². The zero-order valence-corrected chi connectivity index (χ0v) is 38.0. The van der Waals surface area contributed by atoms with Gasteiger partial charge >= 0.3 is 108 Å². The minimum Gasteiger partial charge on any atom is -0.377 e. The molecule has 0 aliphatic rings. The summed E-state index contributed by atoms with van der Waals surface area (Å²) in [5.41, 5.74) is 3.60. The summed E-state index contributed by atoms with van der Waals surface area (Å²) in [6.07, 6.45) is 18.2. The molecule has 0 aromatic heterocycles. The Morgan fingerprint density at radius 2 is 1.02 bits per heavy atom. The van der Waals surface area contributed by atoms with Crippen LogP contribution in [0.1, 0.15) is 129 Å². The van der Waals surface area contributed by atoms with Crippen molar-refractivity contribution in [2.24, 2.45) is 0 Å². The van der Waals surface area contributed by atoms with Gasteiger partial charge in [0.25, 0.3) is 0 Å². The van der Waals surface area contributed by atoms with Crippen LogP contribution in [0.15, 0.2) is 116 Å². The fraction of sp³-hybridized carbons (Fsp3) is 0.540. The summed E-state index contributed by atoms with van der Waals surface area (Å²) >= 11 is -1.78. The van der Waals surface area contributed by atoms with E-state index >= 15 is 0 Å². The molecule has 3 rings (SSSR count). The van der Waals surface area contributed by atoms with Crippen LogP contribution >= 0.6 is 0 Å². The second-order valence-corrected chi connectivity index (χ2v) is 27.8. The van der Waals surface area contributed by atoms with Crippen LogP contribution in [0, 0.1) is 0 Å². The quantitative estimate of drug-likeness (QED) is 0.0316. The number of hydrogen-bond donors (Lipinski definition) is 0. The van der Waals surface area contributed by atoms with Crippen molar-refractivity contribution in [2.45, 2.75) is 156 Å². The van der Waals surface area contributed by atoms with Crippen LogP contribution in [0.5, 0.6) is 0 Å². The predicted octanol–water partition coefficient (Wildman–Crippen LogP) is 15.0. The molecule has 0 saturated carbocycles. The molecular weight excluding hydrogens is 783 g/mol. The molecule has 4 nitrogen and oxygen atoms in total. The summed E-state index contributed by atoms with van der Waals surface area (Å²) in [5.74, 6) is 0. The van der Waals surface area contributed by atoms with Crippen molar-refractivity contribution in [3.63, 3.8) is 0 Å². The number of unbranched alkanes of at least 4 members (excludes halogenated alkanes) is 4. The standard InChI is InChI=1S/C21H26O2.C11H14O2.3C4H9.C3H5.C2H6.CH4.Sn/c1-2-10-21(23-18-20-13-7-4-8-14-20)15-9-16-22-17-19-11-5-3-6-12-19;12-8-4-5-9-13-10-11-6-2-1-3-7-11;3*1-3-4-2;1-3-2;1-2;;/h2-8,11-14,21H,1,9-10,15-18H2;1-3,6-8H,4-5,9-10H2;3*1,3-4H2,2H3;3H,1-2H2;1-2H3;1H4;/t21-;;;;;;;;/m0......../s1. The first-order valence-electron chi connectivity index (χ1n) is 21.1. The van der Waals surface area contributed by atoms with Crippen LogP contribution in [0.3, 0.4) is 0 Å². The van der Waals surface area contributed by atoms with Gasteiger partial charge in [-0.15, -0.1) is 6.58 Å². The first-order valence-corrected chi connectivity index (χ1v) is 29.2. The van der Waals surface area contributed by atoms with Gasteiger partial charge in [-0.05, 0) is 42.4 Å². The summed E-state index contributed by atoms with van der Waals surface area (Å²) in [5, 5.41) is 0. The molecule has 0 N–H and O–H groups in total. The van der Waals surface area contributed by atoms with Crippen molar-refractivity contribution in [2.75, 3.05) is 13.2 Å². The van der Waals surface area contributed by atoms with Gasteiger partial charge in [-0.25, -0.2) is 0 Å². The van der Waals surface area contributed by atoms with E-state index in [2.05, 4.69) is 64.3 Å². The second kappa shape index (κ2) is 41.1. The van der Waals surface area contributed by atoms with Gasteiger partial charge in [-0.1, -0.05) is 118 Å². The Morgan fingerprint density at radius 1 is 0.600 bits per heavy atom. The number of allylic oxidation sites excluding steroid dienone is 1. The second-order valence-electron chi connectivity index (χ2n) is 13.8. The molecule has 3 aromatic rings. The Kier molecular flexibility index (Phi) is 40.8. The van der Waals surface area contributed by atoms with E-state index in [9.17, 15) is 4.79 Å². The van der Waals surface area contributed by atoms with Crippen LogP contribution < -0.4 is 0 Å². The molecule has 0 saturated heterocycles. The molecule has 0 aliphatic carbocycles. The van der Waals surface area contributed by atoms with Crippen LogP contribution in [-0.2, 0) is 38.8 Å². The van der Waals surface area contributed by atoms with Crippen molar-refractivity contribution >= 4 is 24.7 Å². The van der Waals surface area contributed by atoms with Crippen LogP contribution in [0.25, 0.3) is 0 Å². The minimum absolute atomic E-state index is 0. The third-order valence-corrected chi connectivity index (χ3v) is 24.6. The van der Waals surface area contributed by atoms with Crippen molar-refractivity contribution in [3.8, 4) is 0 Å². The third-order valence-electron chi connectivity index (χ3n) is 9.17. The van der Waals surface area contributed by atoms with E-state index < -0.39 is 18.4 Å². The first-order chi connectivity index (χ1) is 26.6. The number of ether oxygens (including phenoxy) is 3. The van der Waals surface area contributed by atoms with E-state index in [-0.39, 0.29) is 13.5 Å². The molecule has 3 aromatic carbocycles. The molecule has 0 heterocycles. The van der Waals surface area contributed by atoms with Crippen LogP contribution in [0.4, 0.5) is 0 Å². The molecule has 1 atom stereocenters. The molecule has 5 heteroatoms. The average Bonchev–Trinajstić information content (AvgIpc) is 3.22. The first kappa shape index (κ1) is 54.6. The Bertz CT molecular complexity index is 1200. The van der Waals surface area contributed by atoms with Gasteiger partial charge in [0.05, 0.1) is 25.9 Å². The van der Waals surface area contributed by atoms with Gasteiger partial charge in [0.15, 0.2) is 0 Å². The van der Waals surface area contributed by atoms with E-state index in [1.807, 2.05) is 86.7 Å². The molecule has 0 bridgehead atoms. The molecule has 0 aliphatic heterocycles. The van der Waals surface area contributed by atoms with Crippen molar-refractivity contribution in [1.82, 2.24) is 0 Å². The van der Waals surface area contributed by atoms with Crippen LogP contribution in [0.2, 0.25) is 17.7 Å². The number of carbonyl (C=O) groups excluding carboxylic acids is 1. The van der Waals surface area contributed by atoms with Crippen molar-refractivity contribution < 1.29 is 19.0 Å². The number of hydrogen-bond acceptors (Lipinski definition) is 4. The van der Waals surface area contributed by atoms with Gasteiger partial charge in [0, 0.05) is 19.6 Å². The largest absolute Gasteiger partial charge is 0.377 e. The fourth-order valence-electron chi connectivity index (χ4n) is 6.10. The Hall–Kier alpha value is -2.51. The minimum atomic E-state index is -1.78. The molecule has 310 valence electrons. The van der Waals surface area contributed by atoms with E-state index in [0.717, 1.165) is 38.6 Å². The molecule has 0 spiro atoms. The maximum atomic E-state index is 9.98. The maximum absolute atomic E-state index is 9.98. The van der Waals surface area contributed by atoms with E-state index in [1.165, 1.54) is 59.7 Å². The van der Waals surface area contributed by atoms with Gasteiger partial charge in [-0.2, -0.15) is 0 Å². The summed E-state index contributed by atoms with van der Waals surface area (Å²) in [4.78, 5) is 9.98. The number of benzene rings is 3. The van der Waals surface area contributed by atoms with Crippen molar-refractivity contribution in [3.05, 3.63) is 133 Å². The summed E-state index contributed by atoms with van der Waals surface area (Å²) < 4.78 is 23.4. The number of rotatable bonds is 28. The van der Waals surface area contributed by atoms with Gasteiger partial charge in [0.2, 0.25) is 0 Å². The molecular formula is C50H82O4Sn. The zero-order valence-electron chi connectivity index (χ0n) is 35.2. The zero-order chi connectivity index (χ0) is 39.8.